The van der Waals surface area contributed by atoms with E-state index >= 15 is 0 Å². The van der Waals surface area contributed by atoms with Crippen molar-refractivity contribution in [2.24, 2.45) is 0 Å². The Morgan fingerprint density at radius 2 is 1.72 bits per heavy atom. The quantitative estimate of drug-likeness (QED) is 0.686. The normalized spacial score (nSPS) is 15.3. The lowest BCUT2D eigenvalue weighted by Crippen LogP contribution is -2.45. The number of hydrogen-bond donors (Lipinski definition) is 1. The van der Waals surface area contributed by atoms with Crippen molar-refractivity contribution in [2.45, 2.75) is 18.9 Å². The fourth-order valence-electron chi connectivity index (χ4n) is 3.19. The second-order valence-electron chi connectivity index (χ2n) is 5.59. The average Bonchev–Trinajstić information content (AvgIpc) is 2.62. The largest absolute Gasteiger partial charge is 0.493 e. The van der Waals surface area contributed by atoms with Crippen molar-refractivity contribution in [1.29, 1.82) is 0 Å². The topological polar surface area (TPSA) is 43.0 Å². The van der Waals surface area contributed by atoms with Crippen LogP contribution in [0.3, 0.4) is 0 Å². The van der Waals surface area contributed by atoms with Crippen LogP contribution >= 0.6 is 24.8 Å². The lowest BCUT2D eigenvalue weighted by Gasteiger charge is -2.36. The van der Waals surface area contributed by atoms with Crippen LogP contribution in [0.2, 0.25) is 0 Å². The number of nitrogens with one attached hydrogen (secondary N) is 1. The molecule has 0 aromatic heterocycles. The van der Waals surface area contributed by atoms with Gasteiger partial charge in [-0.25, -0.2) is 0 Å². The van der Waals surface area contributed by atoms with E-state index in [-0.39, 0.29) is 30.9 Å². The summed E-state index contributed by atoms with van der Waals surface area (Å²) in [6.07, 6.45) is 3.95. The minimum absolute atomic E-state index is 0. The zero-order chi connectivity index (χ0) is 16.7. The number of nitrogens with zero attached hydrogens (tertiary/aromatic N) is 1. The van der Waals surface area contributed by atoms with E-state index in [4.69, 9.17) is 14.2 Å². The van der Waals surface area contributed by atoms with Crippen LogP contribution in [-0.2, 0) is 0 Å². The maximum absolute atomic E-state index is 5.69. The van der Waals surface area contributed by atoms with Crippen LogP contribution in [0.1, 0.15) is 24.4 Å². The van der Waals surface area contributed by atoms with Gasteiger partial charge in [0.2, 0.25) is 5.75 Å². The number of ether oxygens (including phenoxy) is 3. The Bertz CT molecular complexity index is 523. The van der Waals surface area contributed by atoms with Gasteiger partial charge in [0.25, 0.3) is 0 Å². The molecule has 0 spiro atoms. The first-order chi connectivity index (χ1) is 11.3. The summed E-state index contributed by atoms with van der Waals surface area (Å²) in [7, 11) is 4.97. The molecule has 7 heteroatoms. The maximum atomic E-state index is 5.69. The molecular formula is C18H30Cl2N2O3. The Kier molecular flexibility index (Phi) is 11.7. The van der Waals surface area contributed by atoms with Crippen LogP contribution in [0.4, 0.5) is 0 Å². The molecule has 1 aromatic carbocycles. The summed E-state index contributed by atoms with van der Waals surface area (Å²) in [5.74, 6) is 2.11. The first-order valence-corrected chi connectivity index (χ1v) is 8.11. The van der Waals surface area contributed by atoms with Crippen molar-refractivity contribution in [2.75, 3.05) is 47.5 Å². The molecule has 1 fully saturated rings. The molecule has 0 unspecified atom stereocenters. The molecule has 1 saturated heterocycles. The fourth-order valence-corrected chi connectivity index (χ4v) is 3.19. The standard InChI is InChI=1S/C18H28N2O3.2ClH/c1-5-6-7-15(20-12-10-19-11-13-20)14-8-9-16(21-2)18(23-4)17(14)22-3;;/h5,8-9,15,19H,1,6-7,10-13H2,2-4H3;2*1H/t15-;;/m0../s1. The zero-order valence-electron chi connectivity index (χ0n) is 15.2. The van der Waals surface area contributed by atoms with Crippen LogP contribution in [0.5, 0.6) is 17.2 Å². The van der Waals surface area contributed by atoms with Crippen LogP contribution in [0, 0.1) is 0 Å². The van der Waals surface area contributed by atoms with Crippen molar-refractivity contribution in [1.82, 2.24) is 10.2 Å². The molecule has 2 rings (SSSR count). The molecule has 144 valence electrons. The van der Waals surface area contributed by atoms with Gasteiger partial charge >= 0.3 is 0 Å². The molecule has 0 radical (unpaired) electrons. The highest BCUT2D eigenvalue weighted by molar-refractivity contribution is 5.85. The lowest BCUT2D eigenvalue weighted by atomic mass is 9.97. The SMILES string of the molecule is C=CCC[C@@H](c1ccc(OC)c(OC)c1OC)N1CCNCC1.Cl.Cl. The predicted octanol–water partition coefficient (Wildman–Crippen LogP) is 3.47. The first-order valence-electron chi connectivity index (χ1n) is 8.11. The maximum Gasteiger partial charge on any atom is 0.203 e. The van der Waals surface area contributed by atoms with Gasteiger partial charge in [0, 0.05) is 37.8 Å². The average molecular weight is 393 g/mol. The van der Waals surface area contributed by atoms with Gasteiger partial charge in [-0.3, -0.25) is 4.90 Å². The highest BCUT2D eigenvalue weighted by atomic mass is 35.5. The molecule has 1 N–H and O–H groups in total. The van der Waals surface area contributed by atoms with Crippen LogP contribution in [0.25, 0.3) is 0 Å². The molecule has 0 bridgehead atoms. The van der Waals surface area contributed by atoms with Crippen LogP contribution < -0.4 is 19.5 Å². The Morgan fingerprint density at radius 3 is 2.24 bits per heavy atom. The van der Waals surface area contributed by atoms with E-state index < -0.39 is 0 Å². The first kappa shape index (κ1) is 23.9. The lowest BCUT2D eigenvalue weighted by molar-refractivity contribution is 0.162. The number of methoxy groups -OCH3 is 3. The second kappa shape index (κ2) is 12.3. The van der Waals surface area contributed by atoms with Gasteiger partial charge in [0.1, 0.15) is 0 Å². The highest BCUT2D eigenvalue weighted by Gasteiger charge is 2.27. The molecule has 0 aliphatic carbocycles. The summed E-state index contributed by atoms with van der Waals surface area (Å²) in [4.78, 5) is 2.50. The molecule has 0 amide bonds. The van der Waals surface area contributed by atoms with Crippen molar-refractivity contribution in [3.05, 3.63) is 30.4 Å². The monoisotopic (exact) mass is 392 g/mol. The van der Waals surface area contributed by atoms with E-state index in [0.717, 1.165) is 50.3 Å². The third kappa shape index (κ3) is 5.68. The molecule has 25 heavy (non-hydrogen) atoms. The minimum Gasteiger partial charge on any atom is -0.493 e. The Hall–Kier alpha value is -1.14. The summed E-state index contributed by atoms with van der Waals surface area (Å²) in [5, 5.41) is 3.41. The van der Waals surface area contributed by atoms with E-state index in [9.17, 15) is 0 Å². The smallest absolute Gasteiger partial charge is 0.203 e. The molecule has 1 aromatic rings. The van der Waals surface area contributed by atoms with Crippen molar-refractivity contribution in [3.8, 4) is 17.2 Å². The molecule has 5 nitrogen and oxygen atoms in total. The number of piperazine rings is 1. The summed E-state index contributed by atoms with van der Waals surface area (Å²) < 4.78 is 16.6. The molecule has 0 saturated carbocycles. The van der Waals surface area contributed by atoms with Gasteiger partial charge < -0.3 is 19.5 Å². The van der Waals surface area contributed by atoms with Crippen molar-refractivity contribution >= 4 is 24.8 Å². The Labute approximate surface area is 163 Å². The molecule has 1 aliphatic rings. The number of allylic oxidation sites excluding steroid dienone is 1. The summed E-state index contributed by atoms with van der Waals surface area (Å²) in [6, 6.07) is 4.33. The fraction of sp³-hybridized carbons (Fsp3) is 0.556. The Morgan fingerprint density at radius 1 is 1.08 bits per heavy atom. The molecule has 1 atom stereocenters. The highest BCUT2D eigenvalue weighted by Crippen LogP contribution is 2.44. The van der Waals surface area contributed by atoms with Gasteiger partial charge in [0.05, 0.1) is 21.3 Å². The van der Waals surface area contributed by atoms with E-state index in [1.807, 2.05) is 12.1 Å². The number of rotatable bonds is 8. The number of halogens is 2. The predicted molar refractivity (Wildman–Crippen MR) is 107 cm³/mol. The van der Waals surface area contributed by atoms with E-state index in [0.29, 0.717) is 11.5 Å². The molecular weight excluding hydrogens is 363 g/mol. The summed E-state index contributed by atoms with van der Waals surface area (Å²) >= 11 is 0. The summed E-state index contributed by atoms with van der Waals surface area (Å²) in [6.45, 7) is 7.95. The van der Waals surface area contributed by atoms with E-state index in [2.05, 4.69) is 22.9 Å². The van der Waals surface area contributed by atoms with Gasteiger partial charge in [-0.1, -0.05) is 6.08 Å². The number of benzene rings is 1. The Balaban J connectivity index is 0.00000288. The van der Waals surface area contributed by atoms with Gasteiger partial charge in [-0.2, -0.15) is 0 Å². The van der Waals surface area contributed by atoms with E-state index in [1.54, 1.807) is 21.3 Å². The van der Waals surface area contributed by atoms with Gasteiger partial charge in [0.15, 0.2) is 11.5 Å². The third-order valence-corrected chi connectivity index (χ3v) is 4.33. The van der Waals surface area contributed by atoms with Gasteiger partial charge in [-0.05, 0) is 25.0 Å². The van der Waals surface area contributed by atoms with Crippen LogP contribution in [-0.4, -0.2) is 52.4 Å². The minimum atomic E-state index is 0. The van der Waals surface area contributed by atoms with Crippen molar-refractivity contribution < 1.29 is 14.2 Å². The second-order valence-corrected chi connectivity index (χ2v) is 5.59. The molecule has 1 heterocycles. The van der Waals surface area contributed by atoms with Gasteiger partial charge in [-0.15, -0.1) is 31.4 Å². The van der Waals surface area contributed by atoms with Crippen LogP contribution in [0.15, 0.2) is 24.8 Å². The van der Waals surface area contributed by atoms with E-state index in [1.165, 1.54) is 0 Å². The third-order valence-electron chi connectivity index (χ3n) is 4.33. The zero-order valence-corrected chi connectivity index (χ0v) is 16.9. The van der Waals surface area contributed by atoms with Crippen molar-refractivity contribution in [3.63, 3.8) is 0 Å². The molecule has 1 aliphatic heterocycles. The summed E-state index contributed by atoms with van der Waals surface area (Å²) in [5.41, 5.74) is 1.15. The number of hydrogen-bond acceptors (Lipinski definition) is 5.